The van der Waals surface area contributed by atoms with Gasteiger partial charge in [-0.2, -0.15) is 0 Å². The molecule has 0 amide bonds. The second kappa shape index (κ2) is 4.94. The van der Waals surface area contributed by atoms with Crippen molar-refractivity contribution in [3.63, 3.8) is 0 Å². The maximum atomic E-state index is 13.4. The first kappa shape index (κ1) is 12.2. The van der Waals surface area contributed by atoms with Gasteiger partial charge in [0.1, 0.15) is 5.82 Å². The van der Waals surface area contributed by atoms with Crippen molar-refractivity contribution < 1.29 is 4.39 Å². The quantitative estimate of drug-likeness (QED) is 0.794. The Balaban J connectivity index is 2.23. The van der Waals surface area contributed by atoms with Gasteiger partial charge < -0.3 is 10.6 Å². The highest BCUT2D eigenvalue weighted by Crippen LogP contribution is 2.34. The number of nitrogens with two attached hydrogens (primary N) is 1. The maximum Gasteiger partial charge on any atom is 0.128 e. The highest BCUT2D eigenvalue weighted by molar-refractivity contribution is 5.68. The van der Waals surface area contributed by atoms with Gasteiger partial charge >= 0.3 is 0 Å². The second-order valence-corrected chi connectivity index (χ2v) is 5.05. The molecule has 1 aliphatic carbocycles. The number of halogens is 1. The van der Waals surface area contributed by atoms with Crippen molar-refractivity contribution >= 4 is 11.4 Å². The summed E-state index contributed by atoms with van der Waals surface area (Å²) in [5, 5.41) is 0. The molecule has 0 aromatic heterocycles. The molecule has 0 unspecified atom stereocenters. The SMILES string of the molecule is CCCN(CC1CC1)c1cc(C)c(F)cc1N. The standard InChI is InChI=1S/C14H21FN2/c1-3-6-17(9-11-4-5-11)14-7-10(2)12(15)8-13(14)16/h7-8,11H,3-6,9,16H2,1-2H3. The molecule has 0 saturated heterocycles. The normalized spacial score (nSPS) is 15.0. The molecule has 0 atom stereocenters. The third-order valence-corrected chi connectivity index (χ3v) is 3.32. The fraction of sp³-hybridized carbons (Fsp3) is 0.571. The molecule has 1 aromatic rings. The van der Waals surface area contributed by atoms with Crippen molar-refractivity contribution in [2.45, 2.75) is 33.1 Å². The predicted octanol–water partition coefficient (Wildman–Crippen LogP) is 3.34. The van der Waals surface area contributed by atoms with E-state index < -0.39 is 0 Å². The van der Waals surface area contributed by atoms with E-state index in [0.717, 1.165) is 31.1 Å². The van der Waals surface area contributed by atoms with E-state index in [1.807, 2.05) is 6.07 Å². The number of hydrogen-bond donors (Lipinski definition) is 1. The summed E-state index contributed by atoms with van der Waals surface area (Å²) in [4.78, 5) is 2.31. The van der Waals surface area contributed by atoms with Crippen LogP contribution in [0.5, 0.6) is 0 Å². The number of hydrogen-bond acceptors (Lipinski definition) is 2. The zero-order chi connectivity index (χ0) is 12.4. The summed E-state index contributed by atoms with van der Waals surface area (Å²) in [6, 6.07) is 3.32. The van der Waals surface area contributed by atoms with E-state index in [1.54, 1.807) is 6.92 Å². The Kier molecular flexibility index (Phi) is 3.55. The van der Waals surface area contributed by atoms with Crippen molar-refractivity contribution in [2.24, 2.45) is 5.92 Å². The lowest BCUT2D eigenvalue weighted by atomic mass is 10.1. The van der Waals surface area contributed by atoms with E-state index in [2.05, 4.69) is 11.8 Å². The summed E-state index contributed by atoms with van der Waals surface area (Å²) in [5.74, 6) is 0.598. The average molecular weight is 236 g/mol. The molecule has 0 bridgehead atoms. The van der Waals surface area contributed by atoms with Gasteiger partial charge in [0.2, 0.25) is 0 Å². The lowest BCUT2D eigenvalue weighted by molar-refractivity contribution is 0.618. The molecule has 0 heterocycles. The van der Waals surface area contributed by atoms with E-state index in [4.69, 9.17) is 5.73 Å². The van der Waals surface area contributed by atoms with Crippen molar-refractivity contribution in [3.05, 3.63) is 23.5 Å². The van der Waals surface area contributed by atoms with Crippen LogP contribution in [0, 0.1) is 18.7 Å². The van der Waals surface area contributed by atoms with Crippen LogP contribution in [0.1, 0.15) is 31.7 Å². The average Bonchev–Trinajstić information content (AvgIpc) is 3.07. The van der Waals surface area contributed by atoms with Crippen molar-refractivity contribution in [2.75, 3.05) is 23.7 Å². The third kappa shape index (κ3) is 2.90. The summed E-state index contributed by atoms with van der Waals surface area (Å²) in [5.41, 5.74) is 8.16. The molecule has 1 aromatic carbocycles. The Labute approximate surface area is 103 Å². The molecule has 0 spiro atoms. The van der Waals surface area contributed by atoms with Crippen LogP contribution in [0.2, 0.25) is 0 Å². The maximum absolute atomic E-state index is 13.4. The fourth-order valence-electron chi connectivity index (χ4n) is 2.15. The van der Waals surface area contributed by atoms with Crippen molar-refractivity contribution in [1.82, 2.24) is 0 Å². The Hall–Kier alpha value is -1.25. The lowest BCUT2D eigenvalue weighted by Gasteiger charge is -2.26. The number of aryl methyl sites for hydroxylation is 1. The van der Waals surface area contributed by atoms with Crippen LogP contribution in [0.4, 0.5) is 15.8 Å². The van der Waals surface area contributed by atoms with E-state index in [9.17, 15) is 4.39 Å². The Morgan fingerprint density at radius 3 is 2.71 bits per heavy atom. The number of nitrogen functional groups attached to an aromatic ring is 1. The van der Waals surface area contributed by atoms with Crippen LogP contribution in [0.25, 0.3) is 0 Å². The summed E-state index contributed by atoms with van der Waals surface area (Å²) in [6.45, 7) is 6.00. The van der Waals surface area contributed by atoms with Gasteiger partial charge in [-0.05, 0) is 49.8 Å². The van der Waals surface area contributed by atoms with Crippen LogP contribution in [0.15, 0.2) is 12.1 Å². The molecule has 1 fully saturated rings. The van der Waals surface area contributed by atoms with Crippen LogP contribution in [-0.2, 0) is 0 Å². The van der Waals surface area contributed by atoms with Gasteiger partial charge in [-0.25, -0.2) is 4.39 Å². The van der Waals surface area contributed by atoms with Gasteiger partial charge in [0.15, 0.2) is 0 Å². The Morgan fingerprint density at radius 2 is 2.12 bits per heavy atom. The smallest absolute Gasteiger partial charge is 0.128 e. The summed E-state index contributed by atoms with van der Waals surface area (Å²) < 4.78 is 13.4. The first-order chi connectivity index (χ1) is 8.11. The first-order valence-electron chi connectivity index (χ1n) is 6.42. The van der Waals surface area contributed by atoms with Crippen LogP contribution < -0.4 is 10.6 Å². The molecule has 17 heavy (non-hydrogen) atoms. The zero-order valence-electron chi connectivity index (χ0n) is 10.7. The lowest BCUT2D eigenvalue weighted by Crippen LogP contribution is -2.27. The molecule has 1 aliphatic rings. The van der Waals surface area contributed by atoms with E-state index in [-0.39, 0.29) is 5.82 Å². The molecule has 0 aliphatic heterocycles. The minimum Gasteiger partial charge on any atom is -0.397 e. The van der Waals surface area contributed by atoms with E-state index in [1.165, 1.54) is 18.9 Å². The molecule has 2 nitrogen and oxygen atoms in total. The molecule has 0 radical (unpaired) electrons. The number of nitrogens with zero attached hydrogens (tertiary/aromatic N) is 1. The minimum atomic E-state index is -0.214. The van der Waals surface area contributed by atoms with Gasteiger partial charge in [0.25, 0.3) is 0 Å². The Morgan fingerprint density at radius 1 is 1.41 bits per heavy atom. The van der Waals surface area contributed by atoms with Crippen molar-refractivity contribution in [1.29, 1.82) is 0 Å². The van der Waals surface area contributed by atoms with E-state index >= 15 is 0 Å². The van der Waals surface area contributed by atoms with Gasteiger partial charge in [-0.3, -0.25) is 0 Å². The predicted molar refractivity (Wildman–Crippen MR) is 70.8 cm³/mol. The summed E-state index contributed by atoms with van der Waals surface area (Å²) in [7, 11) is 0. The van der Waals surface area contributed by atoms with Gasteiger partial charge in [0, 0.05) is 13.1 Å². The van der Waals surface area contributed by atoms with E-state index in [0.29, 0.717) is 11.3 Å². The molecular formula is C14H21FN2. The largest absolute Gasteiger partial charge is 0.397 e. The van der Waals surface area contributed by atoms with Gasteiger partial charge in [-0.1, -0.05) is 6.92 Å². The number of rotatable bonds is 5. The topological polar surface area (TPSA) is 29.3 Å². The molecule has 2 N–H and O–H groups in total. The molecular weight excluding hydrogens is 215 g/mol. The van der Waals surface area contributed by atoms with Crippen LogP contribution >= 0.6 is 0 Å². The highest BCUT2D eigenvalue weighted by atomic mass is 19.1. The summed E-state index contributed by atoms with van der Waals surface area (Å²) >= 11 is 0. The van der Waals surface area contributed by atoms with Crippen LogP contribution in [-0.4, -0.2) is 13.1 Å². The first-order valence-corrected chi connectivity index (χ1v) is 6.42. The zero-order valence-corrected chi connectivity index (χ0v) is 10.7. The highest BCUT2D eigenvalue weighted by Gasteiger charge is 2.25. The van der Waals surface area contributed by atoms with Gasteiger partial charge in [0.05, 0.1) is 11.4 Å². The third-order valence-electron chi connectivity index (χ3n) is 3.32. The Bertz CT molecular complexity index is 399. The summed E-state index contributed by atoms with van der Waals surface area (Å²) in [6.07, 6.45) is 3.73. The molecule has 94 valence electrons. The number of benzene rings is 1. The van der Waals surface area contributed by atoms with Gasteiger partial charge in [-0.15, -0.1) is 0 Å². The minimum absolute atomic E-state index is 0.214. The second-order valence-electron chi connectivity index (χ2n) is 5.05. The molecule has 3 heteroatoms. The van der Waals surface area contributed by atoms with Crippen LogP contribution in [0.3, 0.4) is 0 Å². The van der Waals surface area contributed by atoms with Crippen molar-refractivity contribution in [3.8, 4) is 0 Å². The monoisotopic (exact) mass is 236 g/mol. The number of anilines is 2. The molecule has 1 saturated carbocycles. The fourth-order valence-corrected chi connectivity index (χ4v) is 2.15. The molecule has 2 rings (SSSR count).